The summed E-state index contributed by atoms with van der Waals surface area (Å²) in [4.78, 5) is 24.4. The second-order valence-corrected chi connectivity index (χ2v) is 3.86. The molecular weight excluding hydrogens is 206 g/mol. The Labute approximate surface area is 94.5 Å². The third kappa shape index (κ3) is 2.39. The number of nitrogens with zero attached hydrogens (tertiary/aromatic N) is 1. The van der Waals surface area contributed by atoms with Crippen molar-refractivity contribution in [2.45, 2.75) is 19.9 Å². The Kier molecular flexibility index (Phi) is 3.66. The van der Waals surface area contributed by atoms with Gasteiger partial charge >= 0.3 is 5.97 Å². The van der Waals surface area contributed by atoms with Crippen LogP contribution in [0, 0.1) is 0 Å². The minimum Gasteiger partial charge on any atom is -0.478 e. The van der Waals surface area contributed by atoms with Gasteiger partial charge in [0.25, 0.3) is 5.91 Å². The molecule has 0 saturated heterocycles. The molecule has 0 aliphatic heterocycles. The maximum absolute atomic E-state index is 12.0. The molecule has 1 rings (SSSR count). The fourth-order valence-corrected chi connectivity index (χ4v) is 1.28. The number of carbonyl (C=O) groups is 2. The molecule has 0 aliphatic rings. The van der Waals surface area contributed by atoms with Crippen molar-refractivity contribution in [3.05, 3.63) is 35.4 Å². The van der Waals surface area contributed by atoms with E-state index >= 15 is 0 Å². The zero-order valence-electron chi connectivity index (χ0n) is 9.60. The molecule has 1 aromatic rings. The molecule has 0 spiro atoms. The molecule has 0 aliphatic carbocycles. The number of benzene rings is 1. The van der Waals surface area contributed by atoms with Crippen LogP contribution in [0.25, 0.3) is 0 Å². The lowest BCUT2D eigenvalue weighted by Crippen LogP contribution is -2.33. The van der Waals surface area contributed by atoms with Crippen molar-refractivity contribution in [2.75, 3.05) is 7.05 Å². The molecule has 4 heteroatoms. The van der Waals surface area contributed by atoms with Crippen LogP contribution in [-0.2, 0) is 0 Å². The van der Waals surface area contributed by atoms with Crippen LogP contribution < -0.4 is 0 Å². The van der Waals surface area contributed by atoms with Gasteiger partial charge < -0.3 is 10.0 Å². The Bertz CT molecular complexity index is 412. The summed E-state index contributed by atoms with van der Waals surface area (Å²) in [5.41, 5.74) is 0.270. The number of hydrogen-bond donors (Lipinski definition) is 1. The highest BCUT2D eigenvalue weighted by Crippen LogP contribution is 2.12. The zero-order chi connectivity index (χ0) is 12.3. The van der Waals surface area contributed by atoms with Crippen molar-refractivity contribution in [3.8, 4) is 0 Å². The lowest BCUT2D eigenvalue weighted by molar-refractivity contribution is 0.0674. The first-order valence-electron chi connectivity index (χ1n) is 5.04. The maximum atomic E-state index is 12.0. The van der Waals surface area contributed by atoms with Crippen LogP contribution in [0.2, 0.25) is 0 Å². The standard InChI is InChI=1S/C12H15NO3/c1-8(2)13(3)11(14)9-6-4-5-7-10(9)12(15)16/h4-8H,1-3H3,(H,15,16). The normalized spacial score (nSPS) is 10.2. The van der Waals surface area contributed by atoms with Crippen LogP contribution in [-0.4, -0.2) is 35.0 Å². The van der Waals surface area contributed by atoms with Crippen LogP contribution in [0.4, 0.5) is 0 Å². The summed E-state index contributed by atoms with van der Waals surface area (Å²) in [5, 5.41) is 8.96. The summed E-state index contributed by atoms with van der Waals surface area (Å²) in [6.45, 7) is 3.75. The van der Waals surface area contributed by atoms with Crippen molar-refractivity contribution in [3.63, 3.8) is 0 Å². The molecular formula is C12H15NO3. The number of aromatic carboxylic acids is 1. The molecule has 4 nitrogen and oxygen atoms in total. The molecule has 86 valence electrons. The smallest absolute Gasteiger partial charge is 0.336 e. The Morgan fingerprint density at radius 3 is 2.12 bits per heavy atom. The molecule has 0 aromatic heterocycles. The molecule has 1 aromatic carbocycles. The van der Waals surface area contributed by atoms with Crippen LogP contribution in [0.3, 0.4) is 0 Å². The van der Waals surface area contributed by atoms with E-state index in [1.807, 2.05) is 13.8 Å². The van der Waals surface area contributed by atoms with Gasteiger partial charge in [0.1, 0.15) is 0 Å². The Morgan fingerprint density at radius 1 is 1.19 bits per heavy atom. The first-order chi connectivity index (χ1) is 7.45. The highest BCUT2D eigenvalue weighted by atomic mass is 16.4. The average molecular weight is 221 g/mol. The molecule has 0 saturated carbocycles. The van der Waals surface area contributed by atoms with Crippen molar-refractivity contribution in [1.29, 1.82) is 0 Å². The number of carboxylic acids is 1. The van der Waals surface area contributed by atoms with E-state index in [-0.39, 0.29) is 23.1 Å². The Balaban J connectivity index is 3.13. The second-order valence-electron chi connectivity index (χ2n) is 3.86. The predicted octanol–water partition coefficient (Wildman–Crippen LogP) is 1.87. The third-order valence-electron chi connectivity index (χ3n) is 2.48. The summed E-state index contributed by atoms with van der Waals surface area (Å²) in [5.74, 6) is -1.35. The Morgan fingerprint density at radius 2 is 1.69 bits per heavy atom. The molecule has 16 heavy (non-hydrogen) atoms. The third-order valence-corrected chi connectivity index (χ3v) is 2.48. The number of amides is 1. The summed E-state index contributed by atoms with van der Waals surface area (Å²) in [6, 6.07) is 6.27. The second kappa shape index (κ2) is 4.79. The van der Waals surface area contributed by atoms with Gasteiger partial charge in [-0.05, 0) is 26.0 Å². The molecule has 0 unspecified atom stereocenters. The summed E-state index contributed by atoms with van der Waals surface area (Å²) < 4.78 is 0. The fourth-order valence-electron chi connectivity index (χ4n) is 1.28. The first-order valence-corrected chi connectivity index (χ1v) is 5.04. The van der Waals surface area contributed by atoms with Crippen molar-refractivity contribution >= 4 is 11.9 Å². The number of carbonyl (C=O) groups excluding carboxylic acids is 1. The van der Waals surface area contributed by atoms with E-state index in [9.17, 15) is 9.59 Å². The van der Waals surface area contributed by atoms with Gasteiger partial charge in [-0.1, -0.05) is 12.1 Å². The molecule has 1 N–H and O–H groups in total. The molecule has 1 amide bonds. The highest BCUT2D eigenvalue weighted by Gasteiger charge is 2.20. The zero-order valence-corrected chi connectivity index (χ0v) is 9.60. The van der Waals surface area contributed by atoms with Crippen LogP contribution in [0.15, 0.2) is 24.3 Å². The lowest BCUT2D eigenvalue weighted by Gasteiger charge is -2.22. The van der Waals surface area contributed by atoms with Crippen molar-refractivity contribution in [2.24, 2.45) is 0 Å². The molecule has 0 atom stereocenters. The van der Waals surface area contributed by atoms with E-state index < -0.39 is 5.97 Å². The van der Waals surface area contributed by atoms with Gasteiger partial charge in [0.2, 0.25) is 0 Å². The van der Waals surface area contributed by atoms with Gasteiger partial charge in [0, 0.05) is 13.1 Å². The van der Waals surface area contributed by atoms with E-state index in [1.54, 1.807) is 19.2 Å². The van der Waals surface area contributed by atoms with Crippen LogP contribution >= 0.6 is 0 Å². The summed E-state index contributed by atoms with van der Waals surface area (Å²) in [6.07, 6.45) is 0. The van der Waals surface area contributed by atoms with Gasteiger partial charge in [-0.3, -0.25) is 4.79 Å². The number of carboxylic acid groups (broad SMARTS) is 1. The van der Waals surface area contributed by atoms with Gasteiger partial charge in [-0.25, -0.2) is 4.79 Å². The van der Waals surface area contributed by atoms with Crippen molar-refractivity contribution in [1.82, 2.24) is 4.90 Å². The molecule has 0 radical (unpaired) electrons. The molecule has 0 heterocycles. The van der Waals surface area contributed by atoms with E-state index in [0.29, 0.717) is 0 Å². The van der Waals surface area contributed by atoms with E-state index in [1.165, 1.54) is 17.0 Å². The largest absolute Gasteiger partial charge is 0.478 e. The predicted molar refractivity (Wildman–Crippen MR) is 60.6 cm³/mol. The lowest BCUT2D eigenvalue weighted by atomic mass is 10.1. The van der Waals surface area contributed by atoms with E-state index in [0.717, 1.165) is 0 Å². The van der Waals surface area contributed by atoms with Gasteiger partial charge in [-0.15, -0.1) is 0 Å². The highest BCUT2D eigenvalue weighted by molar-refractivity contribution is 6.04. The minimum atomic E-state index is -1.08. The van der Waals surface area contributed by atoms with Gasteiger partial charge in [0.05, 0.1) is 11.1 Å². The average Bonchev–Trinajstić information content (AvgIpc) is 2.26. The topological polar surface area (TPSA) is 57.6 Å². The van der Waals surface area contributed by atoms with Crippen molar-refractivity contribution < 1.29 is 14.7 Å². The van der Waals surface area contributed by atoms with Gasteiger partial charge in [-0.2, -0.15) is 0 Å². The van der Waals surface area contributed by atoms with E-state index in [2.05, 4.69) is 0 Å². The maximum Gasteiger partial charge on any atom is 0.336 e. The van der Waals surface area contributed by atoms with Gasteiger partial charge in [0.15, 0.2) is 0 Å². The fraction of sp³-hybridized carbons (Fsp3) is 0.333. The van der Waals surface area contributed by atoms with E-state index in [4.69, 9.17) is 5.11 Å². The van der Waals surface area contributed by atoms with Crippen LogP contribution in [0.1, 0.15) is 34.6 Å². The SMILES string of the molecule is CC(C)N(C)C(=O)c1ccccc1C(=O)O. The van der Waals surface area contributed by atoms with Crippen LogP contribution in [0.5, 0.6) is 0 Å². The molecule has 0 bridgehead atoms. The Hall–Kier alpha value is -1.84. The number of rotatable bonds is 3. The monoisotopic (exact) mass is 221 g/mol. The summed E-state index contributed by atoms with van der Waals surface area (Å²) in [7, 11) is 1.66. The molecule has 0 fully saturated rings. The summed E-state index contributed by atoms with van der Waals surface area (Å²) >= 11 is 0. The quantitative estimate of drug-likeness (QED) is 0.847. The first kappa shape index (κ1) is 12.2. The number of hydrogen-bond acceptors (Lipinski definition) is 2. The minimum absolute atomic E-state index is 0.0364.